The Morgan fingerprint density at radius 3 is 2.63 bits per heavy atom. The second kappa shape index (κ2) is 9.23. The summed E-state index contributed by atoms with van der Waals surface area (Å²) in [5, 5.41) is 14.2. The minimum Gasteiger partial charge on any atom is -0.301 e. The lowest BCUT2D eigenvalue weighted by molar-refractivity contribution is -0.113. The van der Waals surface area contributed by atoms with Crippen molar-refractivity contribution >= 4 is 34.1 Å². The van der Waals surface area contributed by atoms with Gasteiger partial charge in [0.2, 0.25) is 5.91 Å². The molecule has 0 fully saturated rings. The van der Waals surface area contributed by atoms with E-state index in [2.05, 4.69) is 51.7 Å². The summed E-state index contributed by atoms with van der Waals surface area (Å²) in [5.41, 5.74) is 5.35. The van der Waals surface area contributed by atoms with E-state index < -0.39 is 0 Å². The molecule has 0 saturated carbocycles. The molecule has 8 heteroatoms. The molecule has 2 aromatic heterocycles. The van der Waals surface area contributed by atoms with E-state index in [0.717, 1.165) is 23.4 Å². The summed E-state index contributed by atoms with van der Waals surface area (Å²) in [6.45, 7) is 4.17. The average molecular weight is 436 g/mol. The Morgan fingerprint density at radius 1 is 1.13 bits per heavy atom. The lowest BCUT2D eigenvalue weighted by atomic mass is 10.1. The Labute approximate surface area is 183 Å². The van der Waals surface area contributed by atoms with Crippen LogP contribution in [0.3, 0.4) is 0 Å². The van der Waals surface area contributed by atoms with Gasteiger partial charge in [-0.2, -0.15) is 0 Å². The molecule has 30 heavy (non-hydrogen) atoms. The first kappa shape index (κ1) is 20.3. The molecule has 0 radical (unpaired) electrons. The van der Waals surface area contributed by atoms with E-state index in [4.69, 9.17) is 0 Å². The van der Waals surface area contributed by atoms with Crippen molar-refractivity contribution in [3.8, 4) is 16.9 Å². The van der Waals surface area contributed by atoms with Crippen LogP contribution in [0.5, 0.6) is 0 Å². The summed E-state index contributed by atoms with van der Waals surface area (Å²) < 4.78 is 1.87. The molecule has 0 atom stereocenters. The summed E-state index contributed by atoms with van der Waals surface area (Å²) in [6, 6.07) is 16.4. The fraction of sp³-hybridized carbons (Fsp3) is 0.182. The molecule has 0 saturated heterocycles. The van der Waals surface area contributed by atoms with Crippen LogP contribution in [-0.2, 0) is 11.2 Å². The third-order valence-corrected chi connectivity index (χ3v) is 6.27. The molecule has 0 spiro atoms. The third-order valence-electron chi connectivity index (χ3n) is 4.57. The monoisotopic (exact) mass is 435 g/mol. The van der Waals surface area contributed by atoms with Gasteiger partial charge in [0.25, 0.3) is 0 Å². The van der Waals surface area contributed by atoms with Crippen molar-refractivity contribution in [3.05, 3.63) is 71.4 Å². The number of rotatable bonds is 7. The number of carbonyl (C=O) groups excluding carboxylic acids is 1. The number of nitrogens with zero attached hydrogens (tertiary/aromatic N) is 4. The number of carbonyl (C=O) groups is 1. The molecule has 152 valence electrons. The van der Waals surface area contributed by atoms with Gasteiger partial charge in [0.05, 0.1) is 11.4 Å². The molecule has 2 aromatic carbocycles. The highest BCUT2D eigenvalue weighted by Crippen LogP contribution is 2.26. The van der Waals surface area contributed by atoms with E-state index in [0.29, 0.717) is 10.3 Å². The number of anilines is 1. The Balaban J connectivity index is 1.36. The van der Waals surface area contributed by atoms with Crippen molar-refractivity contribution in [1.82, 2.24) is 19.7 Å². The number of nitrogens with one attached hydrogen (secondary N) is 1. The van der Waals surface area contributed by atoms with Crippen LogP contribution in [0.4, 0.5) is 5.13 Å². The Hall–Kier alpha value is -2.97. The fourth-order valence-electron chi connectivity index (χ4n) is 2.87. The van der Waals surface area contributed by atoms with E-state index in [9.17, 15) is 4.79 Å². The second-order valence-corrected chi connectivity index (χ2v) is 8.54. The molecule has 0 aliphatic carbocycles. The largest absolute Gasteiger partial charge is 0.301 e. The molecule has 6 nitrogen and oxygen atoms in total. The highest BCUT2D eigenvalue weighted by molar-refractivity contribution is 7.99. The zero-order valence-electron chi connectivity index (χ0n) is 16.7. The maximum Gasteiger partial charge on any atom is 0.236 e. The van der Waals surface area contributed by atoms with Gasteiger partial charge in [0.1, 0.15) is 6.33 Å². The molecule has 2 heterocycles. The maximum atomic E-state index is 12.4. The SMILES string of the molecule is CCc1ccc(-c2csc(NC(=O)CSc3nncn3-c3ccc(C)cc3)n2)cc1. The van der Waals surface area contributed by atoms with E-state index in [1.165, 1.54) is 34.2 Å². The number of hydrogen-bond acceptors (Lipinski definition) is 6. The molecular weight excluding hydrogens is 414 g/mol. The molecule has 0 bridgehead atoms. The van der Waals surface area contributed by atoms with Gasteiger partial charge in [-0.15, -0.1) is 21.5 Å². The molecular formula is C22H21N5OS2. The van der Waals surface area contributed by atoms with Crippen molar-refractivity contribution in [3.63, 3.8) is 0 Å². The number of hydrogen-bond donors (Lipinski definition) is 1. The van der Waals surface area contributed by atoms with Crippen LogP contribution in [0.1, 0.15) is 18.1 Å². The van der Waals surface area contributed by atoms with Crippen LogP contribution in [-0.4, -0.2) is 31.4 Å². The Morgan fingerprint density at radius 2 is 1.90 bits per heavy atom. The van der Waals surface area contributed by atoms with Crippen LogP contribution in [0.2, 0.25) is 0 Å². The van der Waals surface area contributed by atoms with E-state index in [1.807, 2.05) is 41.1 Å². The lowest BCUT2D eigenvalue weighted by Crippen LogP contribution is -2.14. The predicted octanol–water partition coefficient (Wildman–Crippen LogP) is 4.99. The smallest absolute Gasteiger partial charge is 0.236 e. The van der Waals surface area contributed by atoms with E-state index in [1.54, 1.807) is 6.33 Å². The van der Waals surface area contributed by atoms with E-state index in [-0.39, 0.29) is 11.7 Å². The van der Waals surface area contributed by atoms with Gasteiger partial charge < -0.3 is 5.32 Å². The summed E-state index contributed by atoms with van der Waals surface area (Å²) in [6.07, 6.45) is 2.66. The topological polar surface area (TPSA) is 72.7 Å². The van der Waals surface area contributed by atoms with Gasteiger partial charge in [-0.05, 0) is 31.0 Å². The predicted molar refractivity (Wildman–Crippen MR) is 122 cm³/mol. The lowest BCUT2D eigenvalue weighted by Gasteiger charge is -2.06. The number of aryl methyl sites for hydroxylation is 2. The highest BCUT2D eigenvalue weighted by atomic mass is 32.2. The van der Waals surface area contributed by atoms with Crippen molar-refractivity contribution in [2.75, 3.05) is 11.1 Å². The third kappa shape index (κ3) is 4.77. The van der Waals surface area contributed by atoms with Crippen molar-refractivity contribution in [2.24, 2.45) is 0 Å². The summed E-state index contributed by atoms with van der Waals surface area (Å²) in [4.78, 5) is 16.9. The highest BCUT2D eigenvalue weighted by Gasteiger charge is 2.12. The first-order chi connectivity index (χ1) is 14.6. The van der Waals surface area contributed by atoms with Crippen molar-refractivity contribution in [1.29, 1.82) is 0 Å². The number of amides is 1. The number of benzene rings is 2. The van der Waals surface area contributed by atoms with Crippen molar-refractivity contribution in [2.45, 2.75) is 25.4 Å². The van der Waals surface area contributed by atoms with Gasteiger partial charge in [0.15, 0.2) is 10.3 Å². The van der Waals surface area contributed by atoms with Crippen LogP contribution < -0.4 is 5.32 Å². The molecule has 4 aromatic rings. The van der Waals surface area contributed by atoms with Gasteiger partial charge >= 0.3 is 0 Å². The zero-order valence-corrected chi connectivity index (χ0v) is 18.3. The first-order valence-electron chi connectivity index (χ1n) is 9.57. The van der Waals surface area contributed by atoms with Crippen LogP contribution in [0, 0.1) is 6.92 Å². The number of thiazole rings is 1. The van der Waals surface area contributed by atoms with Gasteiger partial charge in [-0.1, -0.05) is 60.6 Å². The Kier molecular flexibility index (Phi) is 6.25. The average Bonchev–Trinajstić information content (AvgIpc) is 3.42. The fourth-order valence-corrected chi connectivity index (χ4v) is 4.33. The van der Waals surface area contributed by atoms with Crippen LogP contribution in [0.15, 0.2) is 65.4 Å². The van der Waals surface area contributed by atoms with Crippen LogP contribution in [0.25, 0.3) is 16.9 Å². The number of aromatic nitrogens is 4. The normalized spacial score (nSPS) is 10.9. The molecule has 0 aliphatic rings. The summed E-state index contributed by atoms with van der Waals surface area (Å²) in [7, 11) is 0. The minimum atomic E-state index is -0.124. The zero-order chi connectivity index (χ0) is 20.9. The van der Waals surface area contributed by atoms with Gasteiger partial charge in [-0.3, -0.25) is 9.36 Å². The molecule has 0 unspecified atom stereocenters. The molecule has 0 aliphatic heterocycles. The first-order valence-corrected chi connectivity index (χ1v) is 11.4. The molecule has 1 N–H and O–H groups in total. The van der Waals surface area contributed by atoms with Gasteiger partial charge in [-0.25, -0.2) is 4.98 Å². The maximum absolute atomic E-state index is 12.4. The van der Waals surface area contributed by atoms with Gasteiger partial charge in [0, 0.05) is 16.6 Å². The quantitative estimate of drug-likeness (QED) is 0.414. The standard InChI is InChI=1S/C22H21N5OS2/c1-3-16-6-8-17(9-7-16)19-12-29-21(24-19)25-20(28)13-30-22-26-23-14-27(22)18-10-4-15(2)5-11-18/h4-12,14H,3,13H2,1-2H3,(H,24,25,28). The summed E-state index contributed by atoms with van der Waals surface area (Å²) in [5.74, 6) is 0.102. The van der Waals surface area contributed by atoms with Crippen molar-refractivity contribution < 1.29 is 4.79 Å². The summed E-state index contributed by atoms with van der Waals surface area (Å²) >= 11 is 2.76. The second-order valence-electron chi connectivity index (χ2n) is 6.74. The molecule has 4 rings (SSSR count). The minimum absolute atomic E-state index is 0.124. The van der Waals surface area contributed by atoms with Crippen LogP contribution >= 0.6 is 23.1 Å². The molecule has 1 amide bonds. The Bertz CT molecular complexity index is 1130. The van der Waals surface area contributed by atoms with E-state index >= 15 is 0 Å². The number of thioether (sulfide) groups is 1.